The summed E-state index contributed by atoms with van der Waals surface area (Å²) in [5.74, 6) is 0.468. The second-order valence-electron chi connectivity index (χ2n) is 3.32. The first kappa shape index (κ1) is 15.3. The van der Waals surface area contributed by atoms with Crippen LogP contribution in [0, 0.1) is 0 Å². The van der Waals surface area contributed by atoms with Gasteiger partial charge in [0.05, 0.1) is 12.8 Å². The molecule has 0 saturated heterocycles. The SMILES string of the molecule is C=CS(=O)(=O)N(c1ccc(OC)cc1)S(=O)(=O)C=C. The Kier molecular flexibility index (Phi) is 4.38. The smallest absolute Gasteiger partial charge is 0.270 e. The number of nitrogens with zero attached hydrogens (tertiary/aromatic N) is 1. The van der Waals surface area contributed by atoms with Gasteiger partial charge >= 0.3 is 0 Å². The van der Waals surface area contributed by atoms with Crippen LogP contribution in [0.4, 0.5) is 5.69 Å². The van der Waals surface area contributed by atoms with E-state index in [1.165, 1.54) is 31.4 Å². The Hall–Kier alpha value is -1.80. The number of anilines is 1. The van der Waals surface area contributed by atoms with E-state index in [9.17, 15) is 16.8 Å². The summed E-state index contributed by atoms with van der Waals surface area (Å²) in [4.78, 5) is 0. The summed E-state index contributed by atoms with van der Waals surface area (Å²) < 4.78 is 52.4. The molecule has 104 valence electrons. The van der Waals surface area contributed by atoms with Crippen molar-refractivity contribution < 1.29 is 21.6 Å². The van der Waals surface area contributed by atoms with E-state index in [4.69, 9.17) is 4.74 Å². The van der Waals surface area contributed by atoms with Crippen LogP contribution in [0.3, 0.4) is 0 Å². The van der Waals surface area contributed by atoms with Gasteiger partial charge in [-0.05, 0) is 24.3 Å². The lowest BCUT2D eigenvalue weighted by atomic mass is 10.3. The first-order valence-corrected chi connectivity index (χ1v) is 7.98. The summed E-state index contributed by atoms with van der Waals surface area (Å²) in [6.45, 7) is 6.21. The molecule has 0 unspecified atom stereocenters. The summed E-state index contributed by atoms with van der Waals surface area (Å²) in [5, 5.41) is 1.11. The van der Waals surface area contributed by atoms with Crippen LogP contribution in [0.2, 0.25) is 0 Å². The van der Waals surface area contributed by atoms with Crippen molar-refractivity contribution in [3.05, 3.63) is 48.2 Å². The molecule has 0 amide bonds. The molecule has 0 saturated carbocycles. The lowest BCUT2D eigenvalue weighted by molar-refractivity contribution is 0.415. The van der Waals surface area contributed by atoms with E-state index in [1.807, 2.05) is 0 Å². The van der Waals surface area contributed by atoms with Crippen LogP contribution in [0.1, 0.15) is 0 Å². The van der Waals surface area contributed by atoms with Crippen LogP contribution >= 0.6 is 0 Å². The molecule has 0 aliphatic rings. The number of ether oxygens (including phenoxy) is 1. The molecule has 0 atom stereocenters. The van der Waals surface area contributed by atoms with Gasteiger partial charge in [-0.15, -0.1) is 0 Å². The van der Waals surface area contributed by atoms with Gasteiger partial charge in [-0.25, -0.2) is 16.8 Å². The average Bonchev–Trinajstić information content (AvgIpc) is 2.39. The van der Waals surface area contributed by atoms with Crippen molar-refractivity contribution in [2.24, 2.45) is 0 Å². The third-order valence-electron chi connectivity index (χ3n) is 2.17. The number of hydrogen-bond donors (Lipinski definition) is 0. The molecule has 0 fully saturated rings. The minimum absolute atomic E-state index is 0.0550. The molecular weight excluding hydrogens is 290 g/mol. The molecule has 8 heteroatoms. The van der Waals surface area contributed by atoms with Crippen molar-refractivity contribution in [1.82, 2.24) is 0 Å². The fourth-order valence-electron chi connectivity index (χ4n) is 1.28. The Morgan fingerprint density at radius 1 is 1.00 bits per heavy atom. The Bertz CT molecular complexity index is 636. The standard InChI is InChI=1S/C11H13NO5S2/c1-4-18(13,14)12(19(15,16)5-2)10-6-8-11(17-3)9-7-10/h4-9H,1-2H2,3H3. The van der Waals surface area contributed by atoms with Gasteiger partial charge in [0.15, 0.2) is 0 Å². The number of methoxy groups -OCH3 is 1. The largest absolute Gasteiger partial charge is 0.497 e. The first-order valence-electron chi connectivity index (χ1n) is 4.98. The van der Waals surface area contributed by atoms with Crippen LogP contribution in [0.25, 0.3) is 0 Å². The predicted octanol–water partition coefficient (Wildman–Crippen LogP) is 1.45. The molecule has 19 heavy (non-hydrogen) atoms. The third-order valence-corrected chi connectivity index (χ3v) is 5.60. The Balaban J connectivity index is 3.49. The molecule has 0 radical (unpaired) electrons. The fraction of sp³-hybridized carbons (Fsp3) is 0.0909. The Morgan fingerprint density at radius 3 is 1.74 bits per heavy atom. The van der Waals surface area contributed by atoms with E-state index >= 15 is 0 Å². The normalized spacial score (nSPS) is 11.6. The van der Waals surface area contributed by atoms with Crippen molar-refractivity contribution in [2.45, 2.75) is 0 Å². The minimum Gasteiger partial charge on any atom is -0.497 e. The summed E-state index contributed by atoms with van der Waals surface area (Å²) in [7, 11) is -6.97. The van der Waals surface area contributed by atoms with Gasteiger partial charge in [-0.3, -0.25) is 0 Å². The molecule has 0 aliphatic carbocycles. The monoisotopic (exact) mass is 303 g/mol. The molecular formula is C11H13NO5S2. The van der Waals surface area contributed by atoms with Crippen molar-refractivity contribution in [1.29, 1.82) is 0 Å². The van der Waals surface area contributed by atoms with Gasteiger partial charge in [0.2, 0.25) is 0 Å². The summed E-state index contributed by atoms with van der Waals surface area (Å²) >= 11 is 0. The number of sulfonamides is 2. The van der Waals surface area contributed by atoms with Gasteiger partial charge in [0.1, 0.15) is 5.75 Å². The van der Waals surface area contributed by atoms with Crippen molar-refractivity contribution in [3.63, 3.8) is 0 Å². The molecule has 1 aromatic carbocycles. The van der Waals surface area contributed by atoms with E-state index in [0.29, 0.717) is 16.6 Å². The first-order chi connectivity index (χ1) is 8.78. The molecule has 0 heterocycles. The summed E-state index contributed by atoms with van der Waals surface area (Å²) in [6, 6.07) is 5.50. The lowest BCUT2D eigenvalue weighted by Crippen LogP contribution is -2.33. The van der Waals surface area contributed by atoms with Crippen LogP contribution in [-0.2, 0) is 20.0 Å². The van der Waals surface area contributed by atoms with Crippen molar-refractivity contribution >= 4 is 25.7 Å². The zero-order valence-corrected chi connectivity index (χ0v) is 11.8. The lowest BCUT2D eigenvalue weighted by Gasteiger charge is -2.20. The second-order valence-corrected chi connectivity index (χ2v) is 7.01. The van der Waals surface area contributed by atoms with Gasteiger partial charge in [-0.2, -0.15) is 3.71 Å². The van der Waals surface area contributed by atoms with E-state index in [0.717, 1.165) is 0 Å². The van der Waals surface area contributed by atoms with E-state index in [2.05, 4.69) is 13.2 Å². The molecule has 0 aliphatic heterocycles. The fourth-order valence-corrected chi connectivity index (χ4v) is 3.90. The highest BCUT2D eigenvalue weighted by atomic mass is 32.3. The molecule has 6 nitrogen and oxygen atoms in total. The highest BCUT2D eigenvalue weighted by Crippen LogP contribution is 2.25. The van der Waals surface area contributed by atoms with Crippen LogP contribution in [0.5, 0.6) is 5.75 Å². The average molecular weight is 303 g/mol. The molecule has 1 aromatic rings. The zero-order valence-electron chi connectivity index (χ0n) is 10.2. The topological polar surface area (TPSA) is 80.8 Å². The van der Waals surface area contributed by atoms with Crippen molar-refractivity contribution in [2.75, 3.05) is 10.8 Å². The molecule has 0 bridgehead atoms. The highest BCUT2D eigenvalue weighted by Gasteiger charge is 2.29. The maximum absolute atomic E-state index is 11.8. The summed E-state index contributed by atoms with van der Waals surface area (Å²) in [5.41, 5.74) is -0.0550. The Labute approximate surface area is 112 Å². The molecule has 0 aromatic heterocycles. The maximum Gasteiger partial charge on any atom is 0.270 e. The van der Waals surface area contributed by atoms with Crippen molar-refractivity contribution in [3.8, 4) is 5.75 Å². The second kappa shape index (κ2) is 5.45. The molecule has 0 spiro atoms. The van der Waals surface area contributed by atoms with E-state index in [1.54, 1.807) is 0 Å². The van der Waals surface area contributed by atoms with Gasteiger partial charge in [0.25, 0.3) is 20.0 Å². The van der Waals surface area contributed by atoms with E-state index in [-0.39, 0.29) is 9.40 Å². The Morgan fingerprint density at radius 2 is 1.42 bits per heavy atom. The van der Waals surface area contributed by atoms with Gasteiger partial charge in [0, 0.05) is 10.8 Å². The quantitative estimate of drug-likeness (QED) is 0.794. The van der Waals surface area contributed by atoms with Crippen LogP contribution < -0.4 is 8.45 Å². The third kappa shape index (κ3) is 3.15. The van der Waals surface area contributed by atoms with E-state index < -0.39 is 20.0 Å². The molecule has 1 rings (SSSR count). The highest BCUT2D eigenvalue weighted by molar-refractivity contribution is 8.12. The maximum atomic E-state index is 11.8. The number of rotatable bonds is 6. The predicted molar refractivity (Wildman–Crippen MR) is 73.7 cm³/mol. The zero-order chi connectivity index (χ0) is 14.7. The van der Waals surface area contributed by atoms with Gasteiger partial charge in [-0.1, -0.05) is 13.2 Å². The number of hydrogen-bond acceptors (Lipinski definition) is 5. The van der Waals surface area contributed by atoms with Gasteiger partial charge < -0.3 is 4.74 Å². The molecule has 0 N–H and O–H groups in total. The van der Waals surface area contributed by atoms with Crippen LogP contribution in [0.15, 0.2) is 48.2 Å². The van der Waals surface area contributed by atoms with Crippen LogP contribution in [-0.4, -0.2) is 23.9 Å². The number of benzene rings is 1. The minimum atomic E-state index is -4.21. The summed E-state index contributed by atoms with van der Waals surface area (Å²) in [6.07, 6.45) is 0.